The second-order valence-corrected chi connectivity index (χ2v) is 10.0. The third-order valence-electron chi connectivity index (χ3n) is 4.73. The van der Waals surface area contributed by atoms with Crippen LogP contribution in [0.25, 0.3) is 0 Å². The minimum absolute atomic E-state index is 0.235. The Kier molecular flexibility index (Phi) is 6.45. The Labute approximate surface area is 175 Å². The van der Waals surface area contributed by atoms with Crippen molar-refractivity contribution in [3.05, 3.63) is 51.1 Å². The standard InChI is InChI=1S/C20H25IN2O3S/c1-4-22-7-9-23(10-8-22)27(24,25)20-14-17(21)5-6-19(20)26-18-12-15(2)11-16(3)13-18/h5-6,11-14H,4,7-10H2,1-3H3. The molecule has 0 spiro atoms. The Morgan fingerprint density at radius 2 is 1.63 bits per heavy atom. The lowest BCUT2D eigenvalue weighted by atomic mass is 10.1. The van der Waals surface area contributed by atoms with Gasteiger partial charge in [-0.1, -0.05) is 13.0 Å². The lowest BCUT2D eigenvalue weighted by Crippen LogP contribution is -2.48. The van der Waals surface area contributed by atoms with E-state index < -0.39 is 10.0 Å². The van der Waals surface area contributed by atoms with E-state index in [1.54, 1.807) is 16.4 Å². The van der Waals surface area contributed by atoms with Crippen LogP contribution in [0.15, 0.2) is 41.3 Å². The van der Waals surface area contributed by atoms with Gasteiger partial charge in [0.25, 0.3) is 0 Å². The Hall–Kier alpha value is -1.16. The average molecular weight is 500 g/mol. The third kappa shape index (κ3) is 4.82. The van der Waals surface area contributed by atoms with Crippen LogP contribution in [0.5, 0.6) is 11.5 Å². The van der Waals surface area contributed by atoms with Gasteiger partial charge in [-0.3, -0.25) is 0 Å². The molecule has 3 rings (SSSR count). The molecule has 1 aliphatic heterocycles. The molecule has 1 aliphatic rings. The molecule has 7 heteroatoms. The summed E-state index contributed by atoms with van der Waals surface area (Å²) in [6, 6.07) is 11.2. The Balaban J connectivity index is 1.94. The zero-order valence-electron chi connectivity index (χ0n) is 15.9. The average Bonchev–Trinajstić information content (AvgIpc) is 2.62. The predicted octanol–water partition coefficient (Wildman–Crippen LogP) is 4.03. The van der Waals surface area contributed by atoms with Gasteiger partial charge >= 0.3 is 0 Å². The van der Waals surface area contributed by atoms with Crippen molar-refractivity contribution in [3.8, 4) is 11.5 Å². The summed E-state index contributed by atoms with van der Waals surface area (Å²) in [4.78, 5) is 2.49. The van der Waals surface area contributed by atoms with Gasteiger partial charge in [0.05, 0.1) is 0 Å². The topological polar surface area (TPSA) is 49.9 Å². The van der Waals surface area contributed by atoms with Crippen molar-refractivity contribution in [1.29, 1.82) is 0 Å². The molecule has 1 heterocycles. The van der Waals surface area contributed by atoms with Crippen LogP contribution in [-0.2, 0) is 10.0 Å². The third-order valence-corrected chi connectivity index (χ3v) is 7.32. The van der Waals surface area contributed by atoms with Gasteiger partial charge in [-0.05, 0) is 84.4 Å². The van der Waals surface area contributed by atoms with Crippen molar-refractivity contribution in [1.82, 2.24) is 9.21 Å². The quantitative estimate of drug-likeness (QED) is 0.582. The molecule has 2 aromatic rings. The molecule has 1 fully saturated rings. The van der Waals surface area contributed by atoms with E-state index in [9.17, 15) is 8.42 Å². The number of sulfonamides is 1. The van der Waals surface area contributed by atoms with Gasteiger partial charge in [0.2, 0.25) is 10.0 Å². The first-order valence-electron chi connectivity index (χ1n) is 9.08. The number of piperazine rings is 1. The van der Waals surface area contributed by atoms with Gasteiger partial charge in [0.15, 0.2) is 0 Å². The predicted molar refractivity (Wildman–Crippen MR) is 116 cm³/mol. The van der Waals surface area contributed by atoms with Gasteiger partial charge < -0.3 is 9.64 Å². The first kappa shape index (κ1) is 20.6. The summed E-state index contributed by atoms with van der Waals surface area (Å²) in [5.74, 6) is 1.03. The maximum Gasteiger partial charge on any atom is 0.246 e. The normalized spacial score (nSPS) is 16.4. The number of hydrogen-bond acceptors (Lipinski definition) is 4. The molecule has 0 aromatic heterocycles. The largest absolute Gasteiger partial charge is 0.456 e. The second-order valence-electron chi connectivity index (χ2n) is 6.85. The maximum atomic E-state index is 13.3. The summed E-state index contributed by atoms with van der Waals surface area (Å²) in [6.45, 7) is 9.56. The summed E-state index contributed by atoms with van der Waals surface area (Å²) in [5.41, 5.74) is 2.16. The van der Waals surface area contributed by atoms with Crippen molar-refractivity contribution < 1.29 is 13.2 Å². The van der Waals surface area contributed by atoms with Crippen LogP contribution in [0.3, 0.4) is 0 Å². The number of hydrogen-bond donors (Lipinski definition) is 0. The van der Waals surface area contributed by atoms with Gasteiger partial charge in [-0.2, -0.15) is 4.31 Å². The molecule has 0 aliphatic carbocycles. The molecule has 0 atom stereocenters. The molecule has 0 amide bonds. The molecule has 27 heavy (non-hydrogen) atoms. The van der Waals surface area contributed by atoms with Crippen LogP contribution < -0.4 is 4.74 Å². The number of nitrogens with zero attached hydrogens (tertiary/aromatic N) is 2. The molecule has 0 N–H and O–H groups in total. The van der Waals surface area contributed by atoms with Crippen LogP contribution in [0.1, 0.15) is 18.1 Å². The van der Waals surface area contributed by atoms with E-state index in [-0.39, 0.29) is 4.90 Å². The van der Waals surface area contributed by atoms with E-state index in [0.717, 1.165) is 34.3 Å². The van der Waals surface area contributed by atoms with E-state index in [4.69, 9.17) is 4.74 Å². The van der Waals surface area contributed by atoms with Crippen molar-refractivity contribution in [2.24, 2.45) is 0 Å². The summed E-state index contributed by atoms with van der Waals surface area (Å²) < 4.78 is 35.1. The van der Waals surface area contributed by atoms with Crippen LogP contribution >= 0.6 is 22.6 Å². The van der Waals surface area contributed by atoms with E-state index in [0.29, 0.717) is 24.6 Å². The van der Waals surface area contributed by atoms with Crippen molar-refractivity contribution >= 4 is 32.6 Å². The van der Waals surface area contributed by atoms with E-state index in [1.807, 2.05) is 32.0 Å². The van der Waals surface area contributed by atoms with E-state index in [1.165, 1.54) is 0 Å². The maximum absolute atomic E-state index is 13.3. The molecule has 0 saturated carbocycles. The fraction of sp³-hybridized carbons (Fsp3) is 0.400. The highest BCUT2D eigenvalue weighted by Crippen LogP contribution is 2.33. The smallest absolute Gasteiger partial charge is 0.246 e. The molecule has 1 saturated heterocycles. The lowest BCUT2D eigenvalue weighted by Gasteiger charge is -2.33. The number of halogens is 1. The fourth-order valence-corrected chi connectivity index (χ4v) is 5.58. The molecular weight excluding hydrogens is 475 g/mol. The SMILES string of the molecule is CCN1CCN(S(=O)(=O)c2cc(I)ccc2Oc2cc(C)cc(C)c2)CC1. The number of ether oxygens (including phenoxy) is 1. The minimum Gasteiger partial charge on any atom is -0.456 e. The highest BCUT2D eigenvalue weighted by Gasteiger charge is 2.31. The molecule has 0 unspecified atom stereocenters. The van der Waals surface area contributed by atoms with Crippen LogP contribution in [0.2, 0.25) is 0 Å². The van der Waals surface area contributed by atoms with Crippen molar-refractivity contribution in [2.75, 3.05) is 32.7 Å². The molecule has 2 aromatic carbocycles. The lowest BCUT2D eigenvalue weighted by molar-refractivity contribution is 0.196. The summed E-state index contributed by atoms with van der Waals surface area (Å²) in [6.07, 6.45) is 0. The fourth-order valence-electron chi connectivity index (χ4n) is 3.31. The zero-order valence-corrected chi connectivity index (χ0v) is 18.9. The molecule has 5 nitrogen and oxygen atoms in total. The molecule has 146 valence electrons. The first-order valence-corrected chi connectivity index (χ1v) is 11.6. The van der Waals surface area contributed by atoms with Gasteiger partial charge in [0, 0.05) is 29.7 Å². The van der Waals surface area contributed by atoms with Crippen LogP contribution in [0.4, 0.5) is 0 Å². The van der Waals surface area contributed by atoms with Crippen LogP contribution in [0, 0.1) is 17.4 Å². The zero-order chi connectivity index (χ0) is 19.6. The molecular formula is C20H25IN2O3S. The van der Waals surface area contributed by atoms with E-state index >= 15 is 0 Å². The van der Waals surface area contributed by atoms with Gasteiger partial charge in [-0.25, -0.2) is 8.42 Å². The monoisotopic (exact) mass is 500 g/mol. The molecule has 0 radical (unpaired) electrons. The molecule has 0 bridgehead atoms. The van der Waals surface area contributed by atoms with Gasteiger partial charge in [-0.15, -0.1) is 0 Å². The van der Waals surface area contributed by atoms with Gasteiger partial charge in [0.1, 0.15) is 16.4 Å². The number of likely N-dealkylation sites (N-methyl/N-ethyl adjacent to an activating group) is 1. The van der Waals surface area contributed by atoms with Crippen molar-refractivity contribution in [3.63, 3.8) is 0 Å². The number of rotatable bonds is 5. The van der Waals surface area contributed by atoms with E-state index in [2.05, 4.69) is 40.5 Å². The summed E-state index contributed by atoms with van der Waals surface area (Å²) >= 11 is 2.14. The highest BCUT2D eigenvalue weighted by molar-refractivity contribution is 14.1. The first-order chi connectivity index (χ1) is 12.8. The Morgan fingerprint density at radius 1 is 1.00 bits per heavy atom. The number of aryl methyl sites for hydroxylation is 2. The number of benzene rings is 2. The van der Waals surface area contributed by atoms with Crippen LogP contribution in [-0.4, -0.2) is 50.3 Å². The minimum atomic E-state index is -3.61. The Morgan fingerprint density at radius 3 is 2.22 bits per heavy atom. The van der Waals surface area contributed by atoms with Crippen molar-refractivity contribution in [2.45, 2.75) is 25.7 Å². The second kappa shape index (κ2) is 8.46. The summed E-state index contributed by atoms with van der Waals surface area (Å²) in [5, 5.41) is 0. The highest BCUT2D eigenvalue weighted by atomic mass is 127. The summed E-state index contributed by atoms with van der Waals surface area (Å²) in [7, 11) is -3.61. The Bertz CT molecular complexity index is 903.